The molecule has 1 heterocycles. The van der Waals surface area contributed by atoms with Crippen molar-refractivity contribution in [2.24, 2.45) is 17.8 Å². The SMILES string of the molecule is C=CCCCCN(C)C(=O)[C@@H]1C[C@H](Oc2cc(C(C)(C)C)nc(OC)n2)C[C@H]1C(=O)N[C@]1(C(=O)OCC)C[C@H]1C=C. The highest BCUT2D eigenvalue weighted by Crippen LogP contribution is 2.46. The fourth-order valence-corrected chi connectivity index (χ4v) is 5.37. The summed E-state index contributed by atoms with van der Waals surface area (Å²) in [5, 5.41) is 2.94. The molecule has 0 unspecified atom stereocenters. The Hall–Kier alpha value is -3.43. The molecule has 2 aliphatic carbocycles. The Morgan fingerprint density at radius 1 is 1.17 bits per heavy atom. The molecule has 10 nitrogen and oxygen atoms in total. The van der Waals surface area contributed by atoms with Gasteiger partial charge in [0.1, 0.15) is 11.6 Å². The summed E-state index contributed by atoms with van der Waals surface area (Å²) < 4.78 is 16.8. The molecule has 0 radical (unpaired) electrons. The van der Waals surface area contributed by atoms with Crippen molar-refractivity contribution in [3.63, 3.8) is 0 Å². The molecule has 3 rings (SSSR count). The number of hydrogen-bond donors (Lipinski definition) is 1. The number of hydrogen-bond acceptors (Lipinski definition) is 8. The number of methoxy groups -OCH3 is 1. The molecular formula is C31H46N4O6. The largest absolute Gasteiger partial charge is 0.474 e. The Balaban J connectivity index is 1.84. The number of nitrogens with zero attached hydrogens (tertiary/aromatic N) is 3. The highest BCUT2D eigenvalue weighted by Gasteiger charge is 2.62. The van der Waals surface area contributed by atoms with E-state index in [1.165, 1.54) is 7.11 Å². The number of amides is 2. The van der Waals surface area contributed by atoms with Crippen LogP contribution in [0.3, 0.4) is 0 Å². The third-order valence-electron chi connectivity index (χ3n) is 7.91. The summed E-state index contributed by atoms with van der Waals surface area (Å²) >= 11 is 0. The van der Waals surface area contributed by atoms with Crippen LogP contribution in [-0.4, -0.2) is 71.6 Å². The van der Waals surface area contributed by atoms with Gasteiger partial charge in [0, 0.05) is 31.0 Å². The Morgan fingerprint density at radius 3 is 2.46 bits per heavy atom. The van der Waals surface area contributed by atoms with Crippen LogP contribution < -0.4 is 14.8 Å². The maximum atomic E-state index is 13.8. The minimum Gasteiger partial charge on any atom is -0.474 e. The van der Waals surface area contributed by atoms with Crippen LogP contribution in [0, 0.1) is 17.8 Å². The lowest BCUT2D eigenvalue weighted by molar-refractivity contribution is -0.150. The Morgan fingerprint density at radius 2 is 1.88 bits per heavy atom. The van der Waals surface area contributed by atoms with Crippen molar-refractivity contribution < 1.29 is 28.6 Å². The van der Waals surface area contributed by atoms with Gasteiger partial charge in [0.15, 0.2) is 0 Å². The van der Waals surface area contributed by atoms with Gasteiger partial charge in [-0.3, -0.25) is 9.59 Å². The van der Waals surface area contributed by atoms with Gasteiger partial charge in [0.25, 0.3) is 0 Å². The van der Waals surface area contributed by atoms with E-state index in [1.807, 2.05) is 26.8 Å². The molecule has 41 heavy (non-hydrogen) atoms. The minimum absolute atomic E-state index is 0.119. The van der Waals surface area contributed by atoms with E-state index in [-0.39, 0.29) is 35.8 Å². The van der Waals surface area contributed by atoms with Crippen molar-refractivity contribution in [3.8, 4) is 11.9 Å². The van der Waals surface area contributed by atoms with Crippen LogP contribution in [0.25, 0.3) is 0 Å². The van der Waals surface area contributed by atoms with Crippen LogP contribution in [0.4, 0.5) is 0 Å². The van der Waals surface area contributed by atoms with E-state index in [4.69, 9.17) is 14.2 Å². The van der Waals surface area contributed by atoms with E-state index >= 15 is 0 Å². The van der Waals surface area contributed by atoms with Crippen LogP contribution in [0.15, 0.2) is 31.4 Å². The zero-order valence-corrected chi connectivity index (χ0v) is 25.4. The van der Waals surface area contributed by atoms with Crippen molar-refractivity contribution in [1.29, 1.82) is 0 Å². The van der Waals surface area contributed by atoms with Crippen LogP contribution in [0.2, 0.25) is 0 Å². The lowest BCUT2D eigenvalue weighted by Crippen LogP contribution is -2.50. The Kier molecular flexibility index (Phi) is 10.6. The second-order valence-electron chi connectivity index (χ2n) is 12.0. The van der Waals surface area contributed by atoms with Gasteiger partial charge in [-0.05, 0) is 45.4 Å². The minimum atomic E-state index is -1.14. The summed E-state index contributed by atoms with van der Waals surface area (Å²) in [5.41, 5.74) is -0.661. The highest BCUT2D eigenvalue weighted by molar-refractivity contribution is 5.95. The molecule has 0 bridgehead atoms. The molecule has 226 valence electrons. The number of aromatic nitrogens is 2. The summed E-state index contributed by atoms with van der Waals surface area (Å²) in [5.74, 6) is -2.15. The molecule has 1 N–H and O–H groups in total. The van der Waals surface area contributed by atoms with Crippen molar-refractivity contribution in [2.45, 2.75) is 83.3 Å². The molecule has 2 fully saturated rings. The molecule has 0 aliphatic heterocycles. The maximum absolute atomic E-state index is 13.8. The van der Waals surface area contributed by atoms with Crippen LogP contribution in [0.1, 0.15) is 71.9 Å². The second-order valence-corrected chi connectivity index (χ2v) is 12.0. The van der Waals surface area contributed by atoms with Gasteiger partial charge in [-0.15, -0.1) is 13.2 Å². The summed E-state index contributed by atoms with van der Waals surface area (Å²) in [6.45, 7) is 16.2. The van der Waals surface area contributed by atoms with Crippen molar-refractivity contribution in [2.75, 3.05) is 27.3 Å². The summed E-state index contributed by atoms with van der Waals surface area (Å²) in [6, 6.07) is 1.96. The van der Waals surface area contributed by atoms with Crippen LogP contribution in [0.5, 0.6) is 11.9 Å². The third kappa shape index (κ3) is 7.65. The zero-order chi connectivity index (χ0) is 30.4. The Bertz CT molecular complexity index is 1130. The van der Waals surface area contributed by atoms with Crippen LogP contribution in [-0.2, 0) is 24.5 Å². The maximum Gasteiger partial charge on any atom is 0.332 e. The fraction of sp³-hybridized carbons (Fsp3) is 0.645. The molecule has 10 heteroatoms. The van der Waals surface area contributed by atoms with Gasteiger partial charge in [-0.2, -0.15) is 9.97 Å². The fourth-order valence-electron chi connectivity index (χ4n) is 5.37. The van der Waals surface area contributed by atoms with E-state index in [1.54, 1.807) is 31.0 Å². The quantitative estimate of drug-likeness (QED) is 0.203. The number of nitrogens with one attached hydrogen (secondary N) is 1. The number of rotatable bonds is 14. The Labute approximate surface area is 243 Å². The molecular weight excluding hydrogens is 524 g/mol. The molecule has 2 amide bonds. The normalized spacial score (nSPS) is 25.1. The summed E-state index contributed by atoms with van der Waals surface area (Å²) in [4.78, 5) is 50.7. The lowest BCUT2D eigenvalue weighted by atomic mass is 9.92. The van der Waals surface area contributed by atoms with E-state index in [0.29, 0.717) is 31.7 Å². The molecule has 1 aromatic heterocycles. The average Bonchev–Trinajstić information content (AvgIpc) is 3.49. The van der Waals surface area contributed by atoms with E-state index in [9.17, 15) is 14.4 Å². The molecule has 0 spiro atoms. The van der Waals surface area contributed by atoms with E-state index < -0.39 is 29.4 Å². The summed E-state index contributed by atoms with van der Waals surface area (Å²) in [7, 11) is 3.26. The predicted molar refractivity (Wildman–Crippen MR) is 155 cm³/mol. The number of ether oxygens (including phenoxy) is 3. The molecule has 2 aliphatic rings. The molecule has 5 atom stereocenters. The number of carbonyl (C=O) groups is 3. The zero-order valence-electron chi connectivity index (χ0n) is 25.4. The monoisotopic (exact) mass is 570 g/mol. The van der Waals surface area contributed by atoms with Gasteiger partial charge in [-0.1, -0.05) is 32.9 Å². The van der Waals surface area contributed by atoms with Gasteiger partial charge >= 0.3 is 12.0 Å². The summed E-state index contributed by atoms with van der Waals surface area (Å²) in [6.07, 6.45) is 6.77. The standard InChI is InChI=1S/C31H46N4O6/c1-9-12-13-14-15-35(7)27(37)23-17-21(41-25-18-24(30(4,5)6)32-29(33-25)39-8)16-22(23)26(36)34-31(19-20(31)10-2)28(38)40-11-3/h9-10,18,20-23H,1-2,11-17,19H2,3-8H3,(H,34,36)/t20-,21-,22-,23-,31-/m1/s1. The van der Waals surface area contributed by atoms with E-state index in [2.05, 4.69) is 28.4 Å². The topological polar surface area (TPSA) is 120 Å². The van der Waals surface area contributed by atoms with Crippen LogP contribution >= 0.6 is 0 Å². The van der Waals surface area contributed by atoms with Gasteiger partial charge in [0.05, 0.1) is 31.2 Å². The van der Waals surface area contributed by atoms with Gasteiger partial charge in [0.2, 0.25) is 17.7 Å². The van der Waals surface area contributed by atoms with Crippen molar-refractivity contribution in [1.82, 2.24) is 20.2 Å². The van der Waals surface area contributed by atoms with Crippen molar-refractivity contribution >= 4 is 17.8 Å². The first-order valence-corrected chi connectivity index (χ1v) is 14.5. The number of allylic oxidation sites excluding steroid dienone is 1. The average molecular weight is 571 g/mol. The molecule has 0 saturated heterocycles. The van der Waals surface area contributed by atoms with Crippen molar-refractivity contribution in [3.05, 3.63) is 37.1 Å². The van der Waals surface area contributed by atoms with E-state index in [0.717, 1.165) is 25.0 Å². The number of carbonyl (C=O) groups excluding carboxylic acids is 3. The molecule has 1 aromatic rings. The smallest absolute Gasteiger partial charge is 0.332 e. The first kappa shape index (κ1) is 32.1. The second kappa shape index (κ2) is 13.5. The highest BCUT2D eigenvalue weighted by atomic mass is 16.5. The molecule has 0 aromatic carbocycles. The first-order valence-electron chi connectivity index (χ1n) is 14.5. The first-order chi connectivity index (χ1) is 19.4. The lowest BCUT2D eigenvalue weighted by Gasteiger charge is -2.26. The van der Waals surface area contributed by atoms with Gasteiger partial charge < -0.3 is 24.4 Å². The molecule has 2 saturated carbocycles. The number of unbranched alkanes of at least 4 members (excludes halogenated alkanes) is 2. The number of esters is 1. The predicted octanol–water partition coefficient (Wildman–Crippen LogP) is 4.00. The third-order valence-corrected chi connectivity index (χ3v) is 7.91. The van der Waals surface area contributed by atoms with Gasteiger partial charge in [-0.25, -0.2) is 4.79 Å².